The van der Waals surface area contributed by atoms with Crippen molar-refractivity contribution in [1.82, 2.24) is 5.32 Å². The quantitative estimate of drug-likeness (QED) is 0.871. The topological polar surface area (TPSA) is 25.2 Å². The first-order valence-electron chi connectivity index (χ1n) is 5.49. The first-order chi connectivity index (χ1) is 7.66. The molecule has 2 aromatic heterocycles. The minimum atomic E-state index is 0.378. The lowest BCUT2D eigenvalue weighted by molar-refractivity contribution is 0.460. The summed E-state index contributed by atoms with van der Waals surface area (Å²) in [5.41, 5.74) is 1.21. The van der Waals surface area contributed by atoms with Crippen molar-refractivity contribution in [2.75, 3.05) is 0 Å². The Balaban J connectivity index is 1.93. The molecule has 0 fully saturated rings. The van der Waals surface area contributed by atoms with Crippen molar-refractivity contribution < 1.29 is 4.42 Å². The normalized spacial score (nSPS) is 12.9. The van der Waals surface area contributed by atoms with Crippen molar-refractivity contribution in [2.24, 2.45) is 0 Å². The van der Waals surface area contributed by atoms with E-state index in [4.69, 9.17) is 4.42 Å². The maximum atomic E-state index is 5.40. The van der Waals surface area contributed by atoms with Gasteiger partial charge >= 0.3 is 0 Å². The third-order valence-corrected chi connectivity index (χ3v) is 3.91. The number of rotatable bonds is 4. The highest BCUT2D eigenvalue weighted by molar-refractivity contribution is 7.12. The van der Waals surface area contributed by atoms with Crippen LogP contribution in [-0.4, -0.2) is 0 Å². The molecule has 2 rings (SSSR count). The molecule has 16 heavy (non-hydrogen) atoms. The smallest absolute Gasteiger partial charge is 0.120 e. The molecule has 0 aromatic carbocycles. The van der Waals surface area contributed by atoms with Crippen LogP contribution in [0.5, 0.6) is 0 Å². The van der Waals surface area contributed by atoms with Gasteiger partial charge < -0.3 is 9.73 Å². The minimum absolute atomic E-state index is 0.378. The zero-order chi connectivity index (χ0) is 11.5. The van der Waals surface area contributed by atoms with E-state index in [9.17, 15) is 0 Å². The third-order valence-electron chi connectivity index (χ3n) is 2.72. The zero-order valence-electron chi connectivity index (χ0n) is 9.91. The van der Waals surface area contributed by atoms with E-state index in [1.54, 1.807) is 6.26 Å². The van der Waals surface area contributed by atoms with E-state index in [-0.39, 0.29) is 0 Å². The van der Waals surface area contributed by atoms with Crippen molar-refractivity contribution in [3.63, 3.8) is 0 Å². The van der Waals surface area contributed by atoms with Crippen molar-refractivity contribution >= 4 is 11.3 Å². The number of hydrogen-bond donors (Lipinski definition) is 1. The number of thiophene rings is 1. The maximum absolute atomic E-state index is 5.40. The second-order valence-corrected chi connectivity index (χ2v) is 5.40. The summed E-state index contributed by atoms with van der Waals surface area (Å²) < 4.78 is 5.40. The fourth-order valence-corrected chi connectivity index (χ4v) is 2.52. The first-order valence-corrected chi connectivity index (χ1v) is 6.31. The third kappa shape index (κ3) is 2.54. The summed E-state index contributed by atoms with van der Waals surface area (Å²) in [4.78, 5) is 2.74. The predicted molar refractivity (Wildman–Crippen MR) is 67.8 cm³/mol. The molecule has 1 unspecified atom stereocenters. The van der Waals surface area contributed by atoms with Crippen LogP contribution in [0.25, 0.3) is 0 Å². The lowest BCUT2D eigenvalue weighted by Gasteiger charge is -2.11. The zero-order valence-corrected chi connectivity index (χ0v) is 10.7. The molecule has 86 valence electrons. The predicted octanol–water partition coefficient (Wildman–Crippen LogP) is 3.81. The van der Waals surface area contributed by atoms with Gasteiger partial charge in [0, 0.05) is 15.8 Å². The first kappa shape index (κ1) is 11.4. The molecule has 2 nitrogen and oxygen atoms in total. The molecule has 0 saturated heterocycles. The molecular weight excluding hydrogens is 218 g/mol. The van der Waals surface area contributed by atoms with Crippen molar-refractivity contribution in [3.05, 3.63) is 45.5 Å². The molecule has 0 radical (unpaired) electrons. The Bertz CT molecular complexity index is 458. The largest absolute Gasteiger partial charge is 0.468 e. The summed E-state index contributed by atoms with van der Waals surface area (Å²) in [6, 6.07) is 6.73. The van der Waals surface area contributed by atoms with E-state index in [0.29, 0.717) is 6.04 Å². The molecule has 0 spiro atoms. The van der Waals surface area contributed by atoms with E-state index < -0.39 is 0 Å². The van der Waals surface area contributed by atoms with Gasteiger partial charge in [0.15, 0.2) is 0 Å². The van der Waals surface area contributed by atoms with Crippen molar-refractivity contribution in [3.8, 4) is 0 Å². The van der Waals surface area contributed by atoms with Gasteiger partial charge in [0.05, 0.1) is 12.8 Å². The highest BCUT2D eigenvalue weighted by atomic mass is 32.1. The lowest BCUT2D eigenvalue weighted by atomic mass is 10.2. The Morgan fingerprint density at radius 1 is 1.31 bits per heavy atom. The summed E-state index contributed by atoms with van der Waals surface area (Å²) in [6.45, 7) is 7.18. The van der Waals surface area contributed by atoms with Gasteiger partial charge in [-0.15, -0.1) is 11.3 Å². The van der Waals surface area contributed by atoms with Gasteiger partial charge in [0.25, 0.3) is 0 Å². The molecule has 0 aliphatic heterocycles. The molecule has 0 saturated carbocycles. The van der Waals surface area contributed by atoms with Gasteiger partial charge in [0.2, 0.25) is 0 Å². The van der Waals surface area contributed by atoms with E-state index in [1.165, 1.54) is 15.3 Å². The van der Waals surface area contributed by atoms with E-state index in [0.717, 1.165) is 12.3 Å². The summed E-state index contributed by atoms with van der Waals surface area (Å²) in [6.07, 6.45) is 1.74. The van der Waals surface area contributed by atoms with Crippen LogP contribution < -0.4 is 5.32 Å². The van der Waals surface area contributed by atoms with E-state index in [2.05, 4.69) is 38.2 Å². The summed E-state index contributed by atoms with van der Waals surface area (Å²) in [5.74, 6) is 1.03. The molecule has 1 atom stereocenters. The number of hydrogen-bond acceptors (Lipinski definition) is 3. The Kier molecular flexibility index (Phi) is 3.46. The highest BCUT2D eigenvalue weighted by Crippen LogP contribution is 2.22. The van der Waals surface area contributed by atoms with Gasteiger partial charge in [-0.1, -0.05) is 0 Å². The lowest BCUT2D eigenvalue weighted by Crippen LogP contribution is -2.17. The molecule has 0 bridgehead atoms. The van der Waals surface area contributed by atoms with E-state index >= 15 is 0 Å². The standard InChI is InChI=1S/C13H17NOS/c1-9-6-7-15-12(9)8-14-11(3)13-5-4-10(2)16-13/h4-7,11,14H,8H2,1-3H3. The van der Waals surface area contributed by atoms with Gasteiger partial charge in [-0.25, -0.2) is 0 Å². The summed E-state index contributed by atoms with van der Waals surface area (Å²) in [5, 5.41) is 3.47. The van der Waals surface area contributed by atoms with Crippen molar-refractivity contribution in [2.45, 2.75) is 33.4 Å². The Morgan fingerprint density at radius 3 is 2.69 bits per heavy atom. The molecule has 0 aliphatic carbocycles. The molecule has 0 amide bonds. The van der Waals surface area contributed by atoms with Gasteiger partial charge in [-0.05, 0) is 44.5 Å². The van der Waals surface area contributed by atoms with Crippen LogP contribution in [0.15, 0.2) is 28.9 Å². The minimum Gasteiger partial charge on any atom is -0.468 e. The SMILES string of the molecule is Cc1ccc(C(C)NCc2occc2C)s1. The molecule has 1 N–H and O–H groups in total. The molecule has 0 aliphatic rings. The van der Waals surface area contributed by atoms with E-state index in [1.807, 2.05) is 17.4 Å². The molecule has 2 heterocycles. The Morgan fingerprint density at radius 2 is 2.12 bits per heavy atom. The maximum Gasteiger partial charge on any atom is 0.120 e. The highest BCUT2D eigenvalue weighted by Gasteiger charge is 2.08. The fraction of sp³-hybridized carbons (Fsp3) is 0.385. The van der Waals surface area contributed by atoms with Crippen LogP contribution in [0, 0.1) is 13.8 Å². The average molecular weight is 235 g/mol. The monoisotopic (exact) mass is 235 g/mol. The van der Waals surface area contributed by atoms with Crippen LogP contribution in [0.4, 0.5) is 0 Å². The van der Waals surface area contributed by atoms with Gasteiger partial charge in [-0.2, -0.15) is 0 Å². The van der Waals surface area contributed by atoms with Crippen LogP contribution in [0.1, 0.15) is 34.0 Å². The van der Waals surface area contributed by atoms with Crippen LogP contribution in [0.2, 0.25) is 0 Å². The second-order valence-electron chi connectivity index (χ2n) is 4.08. The van der Waals surface area contributed by atoms with Crippen LogP contribution >= 0.6 is 11.3 Å². The molecular formula is C13H17NOS. The Hall–Kier alpha value is -1.06. The number of nitrogens with one attached hydrogen (secondary N) is 1. The Labute approximate surface area is 100 Å². The number of aryl methyl sites for hydroxylation is 2. The summed E-state index contributed by atoms with van der Waals surface area (Å²) in [7, 11) is 0. The van der Waals surface area contributed by atoms with Gasteiger partial charge in [0.1, 0.15) is 5.76 Å². The van der Waals surface area contributed by atoms with Crippen LogP contribution in [-0.2, 0) is 6.54 Å². The van der Waals surface area contributed by atoms with Gasteiger partial charge in [-0.3, -0.25) is 0 Å². The fourth-order valence-electron chi connectivity index (χ4n) is 1.62. The van der Waals surface area contributed by atoms with Crippen molar-refractivity contribution in [1.29, 1.82) is 0 Å². The number of furan rings is 1. The second kappa shape index (κ2) is 4.85. The summed E-state index contributed by atoms with van der Waals surface area (Å²) >= 11 is 1.84. The molecule has 3 heteroatoms. The van der Waals surface area contributed by atoms with Crippen LogP contribution in [0.3, 0.4) is 0 Å². The molecule has 2 aromatic rings. The average Bonchev–Trinajstić information content (AvgIpc) is 2.84.